The Kier molecular flexibility index (Phi) is 2.60. The number of carbonyl (C=O) groups excluding carboxylic acids is 1. The zero-order valence-electron chi connectivity index (χ0n) is 7.29. The average molecular weight is 307 g/mol. The molecule has 1 aromatic rings. The summed E-state index contributed by atoms with van der Waals surface area (Å²) in [5, 5.41) is 1.93. The van der Waals surface area contributed by atoms with E-state index in [-0.39, 0.29) is 5.91 Å². The van der Waals surface area contributed by atoms with E-state index < -0.39 is 0 Å². The van der Waals surface area contributed by atoms with Gasteiger partial charge in [-0.15, -0.1) is 11.3 Å². The minimum absolute atomic E-state index is 0.168. The fourth-order valence-corrected chi connectivity index (χ4v) is 2.57. The highest BCUT2D eigenvalue weighted by Gasteiger charge is 2.30. The number of amides is 1. The lowest BCUT2D eigenvalue weighted by Crippen LogP contribution is -2.28. The van der Waals surface area contributed by atoms with Gasteiger partial charge in [0.25, 0.3) is 5.91 Å². The Morgan fingerprint density at radius 3 is 2.85 bits per heavy atom. The third kappa shape index (κ3) is 2.04. The van der Waals surface area contributed by atoms with Crippen molar-refractivity contribution in [3.63, 3.8) is 0 Å². The van der Waals surface area contributed by atoms with Crippen molar-refractivity contribution in [2.24, 2.45) is 0 Å². The molecule has 0 saturated heterocycles. The van der Waals surface area contributed by atoms with Crippen LogP contribution in [0.2, 0.25) is 0 Å². The molecule has 2 rings (SSSR count). The Bertz CT molecular complexity index is 332. The molecule has 1 fully saturated rings. The monoisotopic (exact) mass is 307 g/mol. The summed E-state index contributed by atoms with van der Waals surface area (Å²) in [5.41, 5.74) is 0.837. The number of hydrogen-bond acceptors (Lipinski definition) is 2. The van der Waals surface area contributed by atoms with Crippen LogP contribution in [0.1, 0.15) is 23.2 Å². The van der Waals surface area contributed by atoms with Crippen molar-refractivity contribution >= 4 is 39.8 Å². The Balaban J connectivity index is 2.11. The number of thiophene rings is 1. The van der Waals surface area contributed by atoms with Crippen LogP contribution in [0.5, 0.6) is 0 Å². The highest BCUT2D eigenvalue weighted by molar-refractivity contribution is 14.1. The molecule has 70 valence electrons. The molecular weight excluding hydrogens is 297 g/mol. The third-order valence-corrected chi connectivity index (χ3v) is 4.02. The summed E-state index contributed by atoms with van der Waals surface area (Å²) >= 11 is 3.86. The molecule has 4 heteroatoms. The highest BCUT2D eigenvalue weighted by atomic mass is 127. The topological polar surface area (TPSA) is 20.3 Å². The van der Waals surface area contributed by atoms with Gasteiger partial charge in [0.2, 0.25) is 0 Å². The van der Waals surface area contributed by atoms with Crippen LogP contribution in [0.15, 0.2) is 11.4 Å². The lowest BCUT2D eigenvalue weighted by Gasteiger charge is -2.14. The van der Waals surface area contributed by atoms with Crippen molar-refractivity contribution in [2.75, 3.05) is 7.05 Å². The number of nitrogens with zero attached hydrogens (tertiary/aromatic N) is 1. The minimum Gasteiger partial charge on any atom is -0.339 e. The van der Waals surface area contributed by atoms with Crippen molar-refractivity contribution in [1.29, 1.82) is 0 Å². The molecule has 1 aliphatic carbocycles. The van der Waals surface area contributed by atoms with Crippen LogP contribution in [0.4, 0.5) is 0 Å². The molecule has 13 heavy (non-hydrogen) atoms. The van der Waals surface area contributed by atoms with Gasteiger partial charge in [-0.1, -0.05) is 0 Å². The Hall–Kier alpha value is -0.100. The quantitative estimate of drug-likeness (QED) is 0.769. The molecule has 0 aliphatic heterocycles. The van der Waals surface area contributed by atoms with Gasteiger partial charge >= 0.3 is 0 Å². The van der Waals surface area contributed by atoms with Crippen LogP contribution in [0.25, 0.3) is 0 Å². The summed E-state index contributed by atoms with van der Waals surface area (Å²) in [7, 11) is 1.89. The maximum absolute atomic E-state index is 11.8. The zero-order valence-corrected chi connectivity index (χ0v) is 10.3. The SMILES string of the molecule is CN(C(=O)c1csc(I)c1)C1CC1. The molecule has 0 radical (unpaired) electrons. The molecule has 0 atom stereocenters. The summed E-state index contributed by atoms with van der Waals surface area (Å²) in [4.78, 5) is 13.6. The molecule has 1 aliphatic rings. The second-order valence-corrected chi connectivity index (χ2v) is 6.09. The van der Waals surface area contributed by atoms with Crippen LogP contribution in [0.3, 0.4) is 0 Å². The first-order valence-corrected chi connectivity index (χ1v) is 6.15. The van der Waals surface area contributed by atoms with Crippen molar-refractivity contribution in [3.05, 3.63) is 19.9 Å². The number of rotatable bonds is 2. The zero-order chi connectivity index (χ0) is 9.42. The molecule has 1 heterocycles. The van der Waals surface area contributed by atoms with E-state index in [1.165, 1.54) is 15.7 Å². The third-order valence-electron chi connectivity index (χ3n) is 2.23. The van der Waals surface area contributed by atoms with E-state index in [1.807, 2.05) is 23.4 Å². The van der Waals surface area contributed by atoms with E-state index in [2.05, 4.69) is 22.6 Å². The van der Waals surface area contributed by atoms with Crippen LogP contribution in [0, 0.1) is 2.88 Å². The summed E-state index contributed by atoms with van der Waals surface area (Å²) in [6.07, 6.45) is 2.34. The van der Waals surface area contributed by atoms with Crippen LogP contribution >= 0.6 is 33.9 Å². The van der Waals surface area contributed by atoms with Gasteiger partial charge in [0.05, 0.1) is 8.45 Å². The molecular formula is C9H10INOS. The van der Waals surface area contributed by atoms with Gasteiger partial charge in [0.15, 0.2) is 0 Å². The van der Waals surface area contributed by atoms with Gasteiger partial charge in [-0.2, -0.15) is 0 Å². The highest BCUT2D eigenvalue weighted by Crippen LogP contribution is 2.27. The fraction of sp³-hybridized carbons (Fsp3) is 0.444. The van der Waals surface area contributed by atoms with Crippen molar-refractivity contribution in [3.8, 4) is 0 Å². The van der Waals surface area contributed by atoms with E-state index >= 15 is 0 Å². The second kappa shape index (κ2) is 3.57. The summed E-state index contributed by atoms with van der Waals surface area (Å²) < 4.78 is 1.17. The van der Waals surface area contributed by atoms with Gasteiger partial charge in [-0.05, 0) is 41.5 Å². The molecule has 1 saturated carbocycles. The van der Waals surface area contributed by atoms with E-state index in [0.717, 1.165) is 5.56 Å². The van der Waals surface area contributed by atoms with Crippen LogP contribution in [-0.2, 0) is 0 Å². The van der Waals surface area contributed by atoms with Gasteiger partial charge in [-0.3, -0.25) is 4.79 Å². The maximum atomic E-state index is 11.8. The lowest BCUT2D eigenvalue weighted by atomic mass is 10.3. The number of carbonyl (C=O) groups is 1. The molecule has 1 amide bonds. The van der Waals surface area contributed by atoms with Crippen LogP contribution in [-0.4, -0.2) is 23.9 Å². The van der Waals surface area contributed by atoms with E-state index in [1.54, 1.807) is 11.3 Å². The second-order valence-electron chi connectivity index (χ2n) is 3.29. The predicted octanol–water partition coefficient (Wildman–Crippen LogP) is 2.59. The molecule has 1 aromatic heterocycles. The summed E-state index contributed by atoms with van der Waals surface area (Å²) in [5.74, 6) is 0.168. The lowest BCUT2D eigenvalue weighted by molar-refractivity contribution is 0.0785. The van der Waals surface area contributed by atoms with Gasteiger partial charge < -0.3 is 4.90 Å². The Labute approximate surface area is 95.1 Å². The van der Waals surface area contributed by atoms with E-state index in [9.17, 15) is 4.79 Å². The van der Waals surface area contributed by atoms with Gasteiger partial charge in [0.1, 0.15) is 0 Å². The molecule has 2 nitrogen and oxygen atoms in total. The van der Waals surface area contributed by atoms with Gasteiger partial charge in [-0.25, -0.2) is 0 Å². The average Bonchev–Trinajstić information content (AvgIpc) is 2.87. The molecule has 0 bridgehead atoms. The molecule has 0 unspecified atom stereocenters. The molecule has 0 spiro atoms. The number of hydrogen-bond donors (Lipinski definition) is 0. The minimum atomic E-state index is 0.168. The first-order valence-electron chi connectivity index (χ1n) is 4.19. The largest absolute Gasteiger partial charge is 0.339 e. The Morgan fingerprint density at radius 2 is 2.38 bits per heavy atom. The Morgan fingerprint density at radius 1 is 1.69 bits per heavy atom. The van der Waals surface area contributed by atoms with Crippen molar-refractivity contribution in [2.45, 2.75) is 18.9 Å². The standard InChI is InChI=1S/C9H10INOS/c1-11(7-2-3-7)9(12)6-4-8(10)13-5-6/h4-5,7H,2-3H2,1H3. The van der Waals surface area contributed by atoms with Crippen LogP contribution < -0.4 is 0 Å². The molecule has 0 N–H and O–H groups in total. The number of halogens is 1. The summed E-state index contributed by atoms with van der Waals surface area (Å²) in [6.45, 7) is 0. The summed E-state index contributed by atoms with van der Waals surface area (Å²) in [6, 6.07) is 2.46. The first kappa shape index (κ1) is 9.45. The smallest absolute Gasteiger partial charge is 0.254 e. The first-order chi connectivity index (χ1) is 6.18. The van der Waals surface area contributed by atoms with Crippen molar-refractivity contribution in [1.82, 2.24) is 4.90 Å². The predicted molar refractivity (Wildman–Crippen MR) is 62.2 cm³/mol. The van der Waals surface area contributed by atoms with Crippen molar-refractivity contribution < 1.29 is 4.79 Å². The van der Waals surface area contributed by atoms with E-state index in [4.69, 9.17) is 0 Å². The van der Waals surface area contributed by atoms with Gasteiger partial charge in [0, 0.05) is 18.5 Å². The fourth-order valence-electron chi connectivity index (χ4n) is 1.25. The van der Waals surface area contributed by atoms with E-state index in [0.29, 0.717) is 6.04 Å². The molecule has 0 aromatic carbocycles. The maximum Gasteiger partial charge on any atom is 0.254 e. The normalized spacial score (nSPS) is 15.8.